The number of para-hydroxylation sites is 1. The number of carbonyl (C=O) groups excluding carboxylic acids is 2. The van der Waals surface area contributed by atoms with Crippen LogP contribution in [-0.4, -0.2) is 68.2 Å². The molecule has 8 nitrogen and oxygen atoms in total. The third-order valence-corrected chi connectivity index (χ3v) is 5.84. The van der Waals surface area contributed by atoms with Gasteiger partial charge in [-0.15, -0.1) is 0 Å². The molecule has 3 aromatic rings. The number of piperazine rings is 1. The van der Waals surface area contributed by atoms with Crippen LogP contribution in [0.2, 0.25) is 0 Å². The highest BCUT2D eigenvalue weighted by molar-refractivity contribution is 6.11. The van der Waals surface area contributed by atoms with Gasteiger partial charge >= 0.3 is 5.97 Å². The lowest BCUT2D eigenvalue weighted by atomic mass is 10.1. The van der Waals surface area contributed by atoms with Crippen LogP contribution in [0.5, 0.6) is 5.75 Å². The maximum atomic E-state index is 12.9. The van der Waals surface area contributed by atoms with E-state index in [1.54, 1.807) is 7.11 Å². The average Bonchev–Trinajstić information content (AvgIpc) is 3.17. The van der Waals surface area contributed by atoms with E-state index in [0.717, 1.165) is 42.0 Å². The Morgan fingerprint density at radius 3 is 2.53 bits per heavy atom. The summed E-state index contributed by atoms with van der Waals surface area (Å²) in [6.45, 7) is 4.75. The molecule has 1 amide bonds. The zero-order valence-electron chi connectivity index (χ0n) is 18.6. The number of aromatic nitrogens is 1. The molecule has 1 saturated heterocycles. The summed E-state index contributed by atoms with van der Waals surface area (Å²) in [4.78, 5) is 32.6. The normalized spacial score (nSPS) is 16.7. The Labute approximate surface area is 187 Å². The zero-order valence-corrected chi connectivity index (χ0v) is 18.6. The van der Waals surface area contributed by atoms with E-state index < -0.39 is 5.97 Å². The second-order valence-corrected chi connectivity index (χ2v) is 7.94. The molecule has 168 valence electrons. The summed E-state index contributed by atoms with van der Waals surface area (Å²) < 4.78 is 10.1. The second-order valence-electron chi connectivity index (χ2n) is 7.94. The van der Waals surface area contributed by atoms with Gasteiger partial charge in [0.15, 0.2) is 0 Å². The third kappa shape index (κ3) is 4.40. The van der Waals surface area contributed by atoms with Gasteiger partial charge in [-0.25, -0.2) is 4.79 Å². The zero-order chi connectivity index (χ0) is 22.7. The summed E-state index contributed by atoms with van der Waals surface area (Å²) in [6.07, 6.45) is 0. The molecule has 1 atom stereocenters. The van der Waals surface area contributed by atoms with Gasteiger partial charge in [0.2, 0.25) is 5.91 Å². The Kier molecular flexibility index (Phi) is 6.32. The SMILES string of the molecule is COC(=O)c1[nH]c2ccccc2c1NC(=O)CN1CCN(c2ccc(OC)cc2)[C@H](C)C1. The highest BCUT2D eigenvalue weighted by Gasteiger charge is 2.26. The molecule has 1 fully saturated rings. The predicted molar refractivity (Wildman–Crippen MR) is 125 cm³/mol. The van der Waals surface area contributed by atoms with E-state index in [-0.39, 0.29) is 24.2 Å². The molecule has 1 aliphatic heterocycles. The maximum absolute atomic E-state index is 12.9. The Bertz CT molecular complexity index is 1110. The number of amides is 1. The number of esters is 1. The Morgan fingerprint density at radius 2 is 1.84 bits per heavy atom. The number of H-pyrrole nitrogens is 1. The molecule has 1 aliphatic rings. The van der Waals surface area contributed by atoms with Crippen LogP contribution in [0, 0.1) is 0 Å². The van der Waals surface area contributed by atoms with E-state index in [9.17, 15) is 9.59 Å². The number of methoxy groups -OCH3 is 2. The van der Waals surface area contributed by atoms with Crippen molar-refractivity contribution in [3.8, 4) is 5.75 Å². The number of hydrogen-bond donors (Lipinski definition) is 2. The average molecular weight is 437 g/mol. The highest BCUT2D eigenvalue weighted by Crippen LogP contribution is 2.28. The Morgan fingerprint density at radius 1 is 1.09 bits per heavy atom. The first kappa shape index (κ1) is 21.7. The number of ether oxygens (including phenoxy) is 2. The molecule has 1 aromatic heterocycles. The van der Waals surface area contributed by atoms with Crippen molar-refractivity contribution in [3.63, 3.8) is 0 Å². The van der Waals surface area contributed by atoms with Crippen molar-refractivity contribution in [1.82, 2.24) is 9.88 Å². The summed E-state index contributed by atoms with van der Waals surface area (Å²) in [5.74, 6) is 0.156. The highest BCUT2D eigenvalue weighted by atomic mass is 16.5. The smallest absolute Gasteiger partial charge is 0.356 e. The fourth-order valence-electron chi connectivity index (χ4n) is 4.24. The standard InChI is InChI=1S/C24H28N4O4/c1-16-14-27(12-13-28(16)17-8-10-18(31-2)11-9-17)15-21(29)26-22-19-6-4-5-7-20(19)25-23(22)24(30)32-3/h4-11,16,25H,12-15H2,1-3H3,(H,26,29)/t16-/m1/s1. The first-order valence-electron chi connectivity index (χ1n) is 10.6. The van der Waals surface area contributed by atoms with Crippen molar-refractivity contribution in [2.24, 2.45) is 0 Å². The van der Waals surface area contributed by atoms with E-state index in [0.29, 0.717) is 5.69 Å². The van der Waals surface area contributed by atoms with Crippen molar-refractivity contribution >= 4 is 34.2 Å². The number of carbonyl (C=O) groups is 2. The van der Waals surface area contributed by atoms with Crippen molar-refractivity contribution in [2.45, 2.75) is 13.0 Å². The van der Waals surface area contributed by atoms with Crippen molar-refractivity contribution in [2.75, 3.05) is 50.6 Å². The summed E-state index contributed by atoms with van der Waals surface area (Å²) in [5.41, 5.74) is 2.62. The fourth-order valence-corrected chi connectivity index (χ4v) is 4.24. The molecule has 2 heterocycles. The second kappa shape index (κ2) is 9.32. The number of anilines is 2. The van der Waals surface area contributed by atoms with E-state index in [1.165, 1.54) is 7.11 Å². The first-order valence-corrected chi connectivity index (χ1v) is 10.6. The summed E-state index contributed by atoms with van der Waals surface area (Å²) in [7, 11) is 2.98. The lowest BCUT2D eigenvalue weighted by Gasteiger charge is -2.41. The van der Waals surface area contributed by atoms with Crippen molar-refractivity contribution in [3.05, 3.63) is 54.2 Å². The van der Waals surface area contributed by atoms with Gasteiger partial charge < -0.3 is 24.7 Å². The molecule has 0 aliphatic carbocycles. The Balaban J connectivity index is 1.42. The van der Waals surface area contributed by atoms with Crippen LogP contribution in [0.1, 0.15) is 17.4 Å². The molecule has 0 bridgehead atoms. The van der Waals surface area contributed by atoms with E-state index in [4.69, 9.17) is 9.47 Å². The van der Waals surface area contributed by atoms with Gasteiger partial charge in [0.25, 0.3) is 0 Å². The van der Waals surface area contributed by atoms with Gasteiger partial charge in [-0.3, -0.25) is 9.69 Å². The van der Waals surface area contributed by atoms with Crippen LogP contribution < -0.4 is 15.0 Å². The summed E-state index contributed by atoms with van der Waals surface area (Å²) in [5, 5.41) is 3.70. The molecule has 32 heavy (non-hydrogen) atoms. The predicted octanol–water partition coefficient (Wildman–Crippen LogP) is 3.11. The van der Waals surface area contributed by atoms with E-state index in [2.05, 4.69) is 39.2 Å². The number of fused-ring (bicyclic) bond motifs is 1. The quantitative estimate of drug-likeness (QED) is 0.578. The third-order valence-electron chi connectivity index (χ3n) is 5.84. The van der Waals surface area contributed by atoms with Crippen LogP contribution >= 0.6 is 0 Å². The van der Waals surface area contributed by atoms with Gasteiger partial charge in [0, 0.05) is 42.3 Å². The fraction of sp³-hybridized carbons (Fsp3) is 0.333. The molecule has 2 aromatic carbocycles. The first-order chi connectivity index (χ1) is 15.5. The summed E-state index contributed by atoms with van der Waals surface area (Å²) in [6, 6.07) is 15.8. The minimum Gasteiger partial charge on any atom is -0.497 e. The molecule has 0 spiro atoms. The van der Waals surface area contributed by atoms with Crippen LogP contribution in [-0.2, 0) is 9.53 Å². The number of hydrogen-bond acceptors (Lipinski definition) is 6. The summed E-state index contributed by atoms with van der Waals surface area (Å²) >= 11 is 0. The number of benzene rings is 2. The van der Waals surface area contributed by atoms with E-state index >= 15 is 0 Å². The van der Waals surface area contributed by atoms with Crippen molar-refractivity contribution < 1.29 is 19.1 Å². The largest absolute Gasteiger partial charge is 0.497 e. The molecular formula is C24H28N4O4. The lowest BCUT2D eigenvalue weighted by Crippen LogP contribution is -2.53. The molecule has 8 heteroatoms. The van der Waals surface area contributed by atoms with Crippen molar-refractivity contribution in [1.29, 1.82) is 0 Å². The van der Waals surface area contributed by atoms with E-state index in [1.807, 2.05) is 36.4 Å². The number of aromatic amines is 1. The number of nitrogens with zero attached hydrogens (tertiary/aromatic N) is 2. The number of rotatable bonds is 6. The lowest BCUT2D eigenvalue weighted by molar-refractivity contribution is -0.117. The molecular weight excluding hydrogens is 408 g/mol. The number of nitrogens with one attached hydrogen (secondary N) is 2. The van der Waals surface area contributed by atoms with Crippen LogP contribution in [0.4, 0.5) is 11.4 Å². The monoisotopic (exact) mass is 436 g/mol. The Hall–Kier alpha value is -3.52. The molecule has 4 rings (SSSR count). The van der Waals surface area contributed by atoms with Crippen LogP contribution in [0.15, 0.2) is 48.5 Å². The van der Waals surface area contributed by atoms with Crippen LogP contribution in [0.3, 0.4) is 0 Å². The minimum absolute atomic E-state index is 0.162. The molecule has 0 saturated carbocycles. The van der Waals surface area contributed by atoms with Gasteiger partial charge in [0.05, 0.1) is 26.5 Å². The molecule has 2 N–H and O–H groups in total. The minimum atomic E-state index is -0.516. The topological polar surface area (TPSA) is 86.9 Å². The van der Waals surface area contributed by atoms with Gasteiger partial charge in [-0.05, 0) is 37.3 Å². The van der Waals surface area contributed by atoms with Crippen LogP contribution in [0.25, 0.3) is 10.9 Å². The van der Waals surface area contributed by atoms with Gasteiger partial charge in [-0.1, -0.05) is 18.2 Å². The van der Waals surface area contributed by atoms with Gasteiger partial charge in [-0.2, -0.15) is 0 Å². The maximum Gasteiger partial charge on any atom is 0.356 e. The molecule has 0 radical (unpaired) electrons. The van der Waals surface area contributed by atoms with Gasteiger partial charge in [0.1, 0.15) is 11.4 Å². The molecule has 0 unspecified atom stereocenters.